The second-order valence-corrected chi connectivity index (χ2v) is 7.47. The van der Waals surface area contributed by atoms with Gasteiger partial charge in [-0.1, -0.05) is 35.9 Å². The molecule has 0 saturated carbocycles. The van der Waals surface area contributed by atoms with Gasteiger partial charge in [0.2, 0.25) is 0 Å². The Kier molecular flexibility index (Phi) is 10.0. The van der Waals surface area contributed by atoms with Gasteiger partial charge >= 0.3 is 0 Å². The SMILES string of the molecule is CCNC(=NCC(O)c1ccc(Cl)cc1)NC1CCN(c2ccccc2OC)C1.I. The minimum absolute atomic E-state index is 0. The lowest BCUT2D eigenvalue weighted by atomic mass is 10.1. The number of para-hydroxylation sites is 2. The highest BCUT2D eigenvalue weighted by molar-refractivity contribution is 14.0. The van der Waals surface area contributed by atoms with Crippen LogP contribution in [-0.4, -0.2) is 50.4 Å². The number of aliphatic hydroxyl groups excluding tert-OH is 1. The number of ether oxygens (including phenoxy) is 1. The first-order valence-electron chi connectivity index (χ1n) is 9.97. The molecule has 1 aliphatic rings. The number of hydrogen-bond acceptors (Lipinski definition) is 4. The van der Waals surface area contributed by atoms with E-state index in [1.165, 1.54) is 0 Å². The molecule has 6 nitrogen and oxygen atoms in total. The van der Waals surface area contributed by atoms with Crippen LogP contribution in [0.1, 0.15) is 25.0 Å². The molecule has 1 fully saturated rings. The Morgan fingerprint density at radius 1 is 1.27 bits per heavy atom. The third kappa shape index (κ3) is 6.65. The Balaban J connectivity index is 0.00000320. The van der Waals surface area contributed by atoms with Crippen LogP contribution in [0.15, 0.2) is 53.5 Å². The molecule has 2 aromatic carbocycles. The molecule has 0 spiro atoms. The summed E-state index contributed by atoms with van der Waals surface area (Å²) in [6.45, 7) is 4.88. The van der Waals surface area contributed by atoms with Crippen LogP contribution in [0.25, 0.3) is 0 Å². The molecule has 0 radical (unpaired) electrons. The minimum atomic E-state index is -0.670. The Morgan fingerprint density at radius 3 is 2.70 bits per heavy atom. The van der Waals surface area contributed by atoms with Crippen LogP contribution in [0.2, 0.25) is 5.02 Å². The number of hydrogen-bond donors (Lipinski definition) is 3. The zero-order valence-electron chi connectivity index (χ0n) is 17.3. The summed E-state index contributed by atoms with van der Waals surface area (Å²) in [5.41, 5.74) is 1.91. The first kappa shape index (κ1) is 24.6. The van der Waals surface area contributed by atoms with Gasteiger partial charge in [-0.25, -0.2) is 0 Å². The van der Waals surface area contributed by atoms with Gasteiger partial charge in [0.25, 0.3) is 0 Å². The van der Waals surface area contributed by atoms with Crippen molar-refractivity contribution < 1.29 is 9.84 Å². The average molecular weight is 545 g/mol. The minimum Gasteiger partial charge on any atom is -0.495 e. The summed E-state index contributed by atoms with van der Waals surface area (Å²) in [5.74, 6) is 1.60. The molecule has 0 aliphatic carbocycles. The van der Waals surface area contributed by atoms with Gasteiger partial charge < -0.3 is 25.4 Å². The molecular weight excluding hydrogens is 515 g/mol. The zero-order valence-corrected chi connectivity index (χ0v) is 20.4. The summed E-state index contributed by atoms with van der Waals surface area (Å²) < 4.78 is 5.49. The first-order valence-corrected chi connectivity index (χ1v) is 10.3. The molecule has 1 heterocycles. The highest BCUT2D eigenvalue weighted by atomic mass is 127. The summed E-state index contributed by atoms with van der Waals surface area (Å²) in [4.78, 5) is 6.90. The van der Waals surface area contributed by atoms with Gasteiger partial charge in [0.1, 0.15) is 5.75 Å². The van der Waals surface area contributed by atoms with Gasteiger partial charge in [-0.2, -0.15) is 0 Å². The van der Waals surface area contributed by atoms with Crippen molar-refractivity contribution in [1.29, 1.82) is 0 Å². The van der Waals surface area contributed by atoms with E-state index in [9.17, 15) is 5.11 Å². The number of benzene rings is 2. The van der Waals surface area contributed by atoms with Crippen LogP contribution >= 0.6 is 35.6 Å². The van der Waals surface area contributed by atoms with Crippen molar-refractivity contribution in [3.63, 3.8) is 0 Å². The van der Waals surface area contributed by atoms with Gasteiger partial charge in [-0.05, 0) is 43.2 Å². The van der Waals surface area contributed by atoms with E-state index in [2.05, 4.69) is 26.6 Å². The van der Waals surface area contributed by atoms with Crippen LogP contribution < -0.4 is 20.3 Å². The molecule has 0 bridgehead atoms. The number of guanidine groups is 1. The Hall–Kier alpha value is -1.71. The highest BCUT2D eigenvalue weighted by Gasteiger charge is 2.25. The van der Waals surface area contributed by atoms with E-state index < -0.39 is 6.10 Å². The van der Waals surface area contributed by atoms with Gasteiger partial charge in [0, 0.05) is 30.7 Å². The summed E-state index contributed by atoms with van der Waals surface area (Å²) in [7, 11) is 1.70. The monoisotopic (exact) mass is 544 g/mol. The number of nitrogens with one attached hydrogen (secondary N) is 2. The molecule has 3 N–H and O–H groups in total. The molecule has 3 rings (SSSR count). The van der Waals surface area contributed by atoms with Crippen molar-refractivity contribution in [2.24, 2.45) is 4.99 Å². The van der Waals surface area contributed by atoms with E-state index in [-0.39, 0.29) is 36.6 Å². The lowest BCUT2D eigenvalue weighted by Crippen LogP contribution is -2.44. The fourth-order valence-corrected chi connectivity index (χ4v) is 3.60. The number of anilines is 1. The number of halogens is 2. The van der Waals surface area contributed by atoms with Gasteiger partial charge in [0.15, 0.2) is 5.96 Å². The van der Waals surface area contributed by atoms with Crippen molar-refractivity contribution in [3.05, 3.63) is 59.1 Å². The highest BCUT2D eigenvalue weighted by Crippen LogP contribution is 2.30. The predicted molar refractivity (Wildman–Crippen MR) is 135 cm³/mol. The molecular formula is C22H30ClIN4O2. The molecule has 2 aromatic rings. The number of aliphatic hydroxyl groups is 1. The second kappa shape index (κ2) is 12.2. The normalized spacial score (nSPS) is 17.3. The second-order valence-electron chi connectivity index (χ2n) is 7.03. The van der Waals surface area contributed by atoms with Crippen molar-refractivity contribution >= 4 is 47.2 Å². The van der Waals surface area contributed by atoms with E-state index in [4.69, 9.17) is 16.3 Å². The fraction of sp³-hybridized carbons (Fsp3) is 0.409. The molecule has 30 heavy (non-hydrogen) atoms. The van der Waals surface area contributed by atoms with Crippen molar-refractivity contribution in [2.75, 3.05) is 38.2 Å². The number of methoxy groups -OCH3 is 1. The largest absolute Gasteiger partial charge is 0.495 e. The summed E-state index contributed by atoms with van der Waals surface area (Å²) in [5, 5.41) is 17.8. The average Bonchev–Trinajstić information content (AvgIpc) is 3.20. The summed E-state index contributed by atoms with van der Waals surface area (Å²) in [6, 6.07) is 15.6. The maximum absolute atomic E-state index is 10.4. The summed E-state index contributed by atoms with van der Waals surface area (Å²) in [6.07, 6.45) is 0.332. The van der Waals surface area contributed by atoms with Crippen LogP contribution in [0.5, 0.6) is 5.75 Å². The molecule has 8 heteroatoms. The van der Waals surface area contributed by atoms with Gasteiger partial charge in [-0.15, -0.1) is 24.0 Å². The Bertz CT molecular complexity index is 819. The van der Waals surface area contributed by atoms with Crippen LogP contribution in [-0.2, 0) is 0 Å². The van der Waals surface area contributed by atoms with Gasteiger partial charge in [0.05, 0.1) is 25.4 Å². The third-order valence-electron chi connectivity index (χ3n) is 4.98. The molecule has 164 valence electrons. The molecule has 1 saturated heterocycles. The maximum Gasteiger partial charge on any atom is 0.191 e. The van der Waals surface area contributed by atoms with Crippen LogP contribution in [0.3, 0.4) is 0 Å². The molecule has 2 unspecified atom stereocenters. The maximum atomic E-state index is 10.4. The van der Waals surface area contributed by atoms with Crippen molar-refractivity contribution in [2.45, 2.75) is 25.5 Å². The lowest BCUT2D eigenvalue weighted by molar-refractivity contribution is 0.187. The topological polar surface area (TPSA) is 69.1 Å². The van der Waals surface area contributed by atoms with E-state index in [1.54, 1.807) is 19.2 Å². The van der Waals surface area contributed by atoms with Crippen molar-refractivity contribution in [1.82, 2.24) is 10.6 Å². The van der Waals surface area contributed by atoms with Crippen LogP contribution in [0.4, 0.5) is 5.69 Å². The van der Waals surface area contributed by atoms with Crippen molar-refractivity contribution in [3.8, 4) is 5.75 Å². The zero-order chi connectivity index (χ0) is 20.6. The van der Waals surface area contributed by atoms with Gasteiger partial charge in [-0.3, -0.25) is 4.99 Å². The number of rotatable bonds is 7. The van der Waals surface area contributed by atoms with E-state index in [0.29, 0.717) is 11.0 Å². The van der Waals surface area contributed by atoms with E-state index >= 15 is 0 Å². The molecule has 0 aromatic heterocycles. The van der Waals surface area contributed by atoms with E-state index in [1.807, 2.05) is 37.3 Å². The lowest BCUT2D eigenvalue weighted by Gasteiger charge is -2.22. The number of nitrogens with zero attached hydrogens (tertiary/aromatic N) is 2. The quantitative estimate of drug-likeness (QED) is 0.281. The first-order chi connectivity index (χ1) is 14.1. The summed E-state index contributed by atoms with van der Waals surface area (Å²) >= 11 is 5.91. The Labute approximate surface area is 200 Å². The number of aliphatic imine (C=N–C) groups is 1. The molecule has 0 amide bonds. The smallest absolute Gasteiger partial charge is 0.191 e. The molecule has 1 aliphatic heterocycles. The van der Waals surface area contributed by atoms with Crippen LogP contribution in [0, 0.1) is 0 Å². The standard InChI is InChI=1S/C22H29ClN4O2.HI/c1-3-24-22(25-14-20(28)16-8-10-17(23)11-9-16)26-18-12-13-27(15-18)19-6-4-5-7-21(19)29-2;/h4-11,18,20,28H,3,12-15H2,1-2H3,(H2,24,25,26);1H. The fourth-order valence-electron chi connectivity index (χ4n) is 3.47. The predicted octanol–water partition coefficient (Wildman–Crippen LogP) is 3.83. The Morgan fingerprint density at radius 2 is 2.00 bits per heavy atom. The van der Waals surface area contributed by atoms with E-state index in [0.717, 1.165) is 43.1 Å². The third-order valence-corrected chi connectivity index (χ3v) is 5.23. The molecule has 2 atom stereocenters.